The van der Waals surface area contributed by atoms with Crippen molar-refractivity contribution in [1.29, 1.82) is 0 Å². The van der Waals surface area contributed by atoms with E-state index in [1.165, 1.54) is 6.92 Å². The Bertz CT molecular complexity index is 579. The van der Waals surface area contributed by atoms with Crippen LogP contribution in [0.15, 0.2) is 0 Å². The van der Waals surface area contributed by atoms with Gasteiger partial charge < -0.3 is 69.6 Å². The lowest BCUT2D eigenvalue weighted by atomic mass is 9.97. The molecule has 0 aliphatic carbocycles. The van der Waals surface area contributed by atoms with E-state index in [0.29, 0.717) is 0 Å². The van der Waals surface area contributed by atoms with Crippen LogP contribution in [0.4, 0.5) is 0 Å². The molecule has 31 heavy (non-hydrogen) atoms. The van der Waals surface area contributed by atoms with Gasteiger partial charge in [0, 0.05) is 0 Å². The zero-order valence-corrected chi connectivity index (χ0v) is 16.6. The number of aliphatic hydroxyl groups is 9. The maximum absolute atomic E-state index is 10.5. The lowest BCUT2D eigenvalue weighted by molar-refractivity contribution is -0.370. The van der Waals surface area contributed by atoms with Gasteiger partial charge in [0.1, 0.15) is 61.0 Å². The molecular formula is C17H30O14. The summed E-state index contributed by atoms with van der Waals surface area (Å²) in [6.07, 6.45) is -21.1. The molecule has 3 aliphatic rings. The van der Waals surface area contributed by atoms with Gasteiger partial charge in [0.05, 0.1) is 19.3 Å². The van der Waals surface area contributed by atoms with Gasteiger partial charge in [-0.25, -0.2) is 0 Å². The first kappa shape index (κ1) is 25.1. The average Bonchev–Trinajstić information content (AvgIpc) is 2.74. The summed E-state index contributed by atoms with van der Waals surface area (Å²) in [5, 5.41) is 89.4. The minimum Gasteiger partial charge on any atom is -0.394 e. The van der Waals surface area contributed by atoms with Crippen LogP contribution in [0.2, 0.25) is 0 Å². The molecule has 3 aliphatic heterocycles. The standard InChI is InChI=1S/C17H30O14/c1-4-13(8(21)10(23)15(26)28-4)30-17-12(25)9(22)14(6(2-18)29-17)31-16-11(24)7(20)5(19)3-27-16/h4-26H,2-3H2,1H3/t4-,5+,6-,7+,8-,9-,10+,11-,12-,13-,14-,15-,16-,17+/m0/s1. The van der Waals surface area contributed by atoms with Crippen molar-refractivity contribution in [3.8, 4) is 0 Å². The molecule has 14 heteroatoms. The summed E-state index contributed by atoms with van der Waals surface area (Å²) in [7, 11) is 0. The van der Waals surface area contributed by atoms with Crippen molar-refractivity contribution in [3.63, 3.8) is 0 Å². The van der Waals surface area contributed by atoms with Gasteiger partial charge in [0.15, 0.2) is 18.9 Å². The topological polar surface area (TPSA) is 228 Å². The maximum atomic E-state index is 10.5. The molecule has 0 radical (unpaired) electrons. The first-order valence-electron chi connectivity index (χ1n) is 9.85. The monoisotopic (exact) mass is 458 g/mol. The Labute approximate surface area is 176 Å². The van der Waals surface area contributed by atoms with Gasteiger partial charge in [-0.3, -0.25) is 0 Å². The molecule has 3 rings (SSSR count). The van der Waals surface area contributed by atoms with Crippen molar-refractivity contribution in [2.75, 3.05) is 13.2 Å². The van der Waals surface area contributed by atoms with E-state index in [9.17, 15) is 46.0 Å². The maximum Gasteiger partial charge on any atom is 0.187 e. The van der Waals surface area contributed by atoms with Crippen molar-refractivity contribution in [2.45, 2.75) is 92.9 Å². The van der Waals surface area contributed by atoms with Gasteiger partial charge in [-0.05, 0) is 6.92 Å². The average molecular weight is 458 g/mol. The first-order valence-corrected chi connectivity index (χ1v) is 9.85. The fourth-order valence-corrected chi connectivity index (χ4v) is 3.75. The van der Waals surface area contributed by atoms with Crippen LogP contribution in [0.1, 0.15) is 6.92 Å². The van der Waals surface area contributed by atoms with Crippen molar-refractivity contribution >= 4 is 0 Å². The van der Waals surface area contributed by atoms with Crippen molar-refractivity contribution in [1.82, 2.24) is 0 Å². The molecule has 3 fully saturated rings. The highest BCUT2D eigenvalue weighted by atomic mass is 16.7. The second-order valence-corrected chi connectivity index (χ2v) is 7.87. The van der Waals surface area contributed by atoms with Gasteiger partial charge in [-0.1, -0.05) is 0 Å². The Morgan fingerprint density at radius 2 is 1.29 bits per heavy atom. The minimum absolute atomic E-state index is 0.365. The highest BCUT2D eigenvalue weighted by molar-refractivity contribution is 4.94. The predicted molar refractivity (Wildman–Crippen MR) is 93.8 cm³/mol. The molecule has 9 N–H and O–H groups in total. The molecule has 0 amide bonds. The number of hydrogen-bond acceptors (Lipinski definition) is 14. The molecular weight excluding hydrogens is 428 g/mol. The highest BCUT2D eigenvalue weighted by Gasteiger charge is 2.51. The molecule has 3 heterocycles. The zero-order chi connectivity index (χ0) is 23.0. The summed E-state index contributed by atoms with van der Waals surface area (Å²) >= 11 is 0. The summed E-state index contributed by atoms with van der Waals surface area (Å²) < 4.78 is 26.5. The SMILES string of the molecule is C[C@@H]1O[C@H](O)[C@H](O)[C@H](O)[C@H]1O[C@H]1O[C@@H](CO)[C@H](O[C@@H]2OC[C@@H](O)[C@@H](O)[C@@H]2O)[C@@H](O)[C@@H]1O. The third-order valence-corrected chi connectivity index (χ3v) is 5.65. The summed E-state index contributed by atoms with van der Waals surface area (Å²) in [5.74, 6) is 0. The van der Waals surface area contributed by atoms with Crippen LogP contribution in [-0.4, -0.2) is 145 Å². The summed E-state index contributed by atoms with van der Waals surface area (Å²) in [6, 6.07) is 0. The van der Waals surface area contributed by atoms with E-state index in [4.69, 9.17) is 23.7 Å². The third-order valence-electron chi connectivity index (χ3n) is 5.65. The van der Waals surface area contributed by atoms with Crippen molar-refractivity contribution in [2.24, 2.45) is 0 Å². The third kappa shape index (κ3) is 5.02. The molecule has 0 aromatic heterocycles. The largest absolute Gasteiger partial charge is 0.394 e. The molecule has 0 bridgehead atoms. The second-order valence-electron chi connectivity index (χ2n) is 7.87. The summed E-state index contributed by atoms with van der Waals surface area (Å²) in [5.41, 5.74) is 0. The molecule has 182 valence electrons. The molecule has 0 aromatic carbocycles. The molecule has 14 atom stereocenters. The van der Waals surface area contributed by atoms with Crippen molar-refractivity contribution < 1.29 is 69.6 Å². The lowest BCUT2D eigenvalue weighted by Crippen LogP contribution is -2.65. The van der Waals surface area contributed by atoms with Crippen LogP contribution in [0.3, 0.4) is 0 Å². The Morgan fingerprint density at radius 3 is 1.94 bits per heavy atom. The van der Waals surface area contributed by atoms with E-state index in [1.807, 2.05) is 0 Å². The summed E-state index contributed by atoms with van der Waals surface area (Å²) in [4.78, 5) is 0. The van der Waals surface area contributed by atoms with E-state index in [0.717, 1.165) is 0 Å². The molecule has 0 aromatic rings. The van der Waals surface area contributed by atoms with E-state index in [-0.39, 0.29) is 6.61 Å². The van der Waals surface area contributed by atoms with Gasteiger partial charge in [-0.15, -0.1) is 0 Å². The molecule has 0 spiro atoms. The van der Waals surface area contributed by atoms with Crippen LogP contribution in [0, 0.1) is 0 Å². The highest BCUT2D eigenvalue weighted by Crippen LogP contribution is 2.31. The number of aliphatic hydroxyl groups excluding tert-OH is 9. The van der Waals surface area contributed by atoms with E-state index < -0.39 is 92.6 Å². The normalized spacial score (nSPS) is 54.0. The van der Waals surface area contributed by atoms with Crippen LogP contribution >= 0.6 is 0 Å². The predicted octanol–water partition coefficient (Wildman–Crippen LogP) is -5.91. The quantitative estimate of drug-likeness (QED) is 0.187. The molecule has 0 saturated carbocycles. The zero-order valence-electron chi connectivity index (χ0n) is 16.6. The van der Waals surface area contributed by atoms with E-state index in [2.05, 4.69) is 0 Å². The van der Waals surface area contributed by atoms with E-state index >= 15 is 0 Å². The molecule has 3 saturated heterocycles. The Hall–Kier alpha value is -0.560. The number of rotatable bonds is 5. The van der Waals surface area contributed by atoms with Crippen LogP contribution in [-0.2, 0) is 23.7 Å². The molecule has 14 nitrogen and oxygen atoms in total. The minimum atomic E-state index is -1.77. The van der Waals surface area contributed by atoms with Crippen LogP contribution in [0.25, 0.3) is 0 Å². The number of hydrogen-bond donors (Lipinski definition) is 9. The fourth-order valence-electron chi connectivity index (χ4n) is 3.75. The van der Waals surface area contributed by atoms with Gasteiger partial charge in [0.25, 0.3) is 0 Å². The van der Waals surface area contributed by atoms with Gasteiger partial charge in [0.2, 0.25) is 0 Å². The second kappa shape index (κ2) is 10.1. The lowest BCUT2D eigenvalue weighted by Gasteiger charge is -2.47. The smallest absolute Gasteiger partial charge is 0.187 e. The van der Waals surface area contributed by atoms with Crippen LogP contribution < -0.4 is 0 Å². The Balaban J connectivity index is 1.68. The first-order chi connectivity index (χ1) is 14.6. The molecule has 0 unspecified atom stereocenters. The Morgan fingerprint density at radius 1 is 0.710 bits per heavy atom. The van der Waals surface area contributed by atoms with Crippen LogP contribution in [0.5, 0.6) is 0 Å². The van der Waals surface area contributed by atoms with Crippen molar-refractivity contribution in [3.05, 3.63) is 0 Å². The van der Waals surface area contributed by atoms with Gasteiger partial charge in [-0.2, -0.15) is 0 Å². The summed E-state index contributed by atoms with van der Waals surface area (Å²) in [6.45, 7) is 0.352. The Kier molecular flexibility index (Phi) is 8.21. The van der Waals surface area contributed by atoms with E-state index in [1.54, 1.807) is 0 Å². The number of ether oxygens (including phenoxy) is 5. The fraction of sp³-hybridized carbons (Fsp3) is 1.00. The van der Waals surface area contributed by atoms with Gasteiger partial charge >= 0.3 is 0 Å².